The van der Waals surface area contributed by atoms with E-state index in [4.69, 9.17) is 17.0 Å². The van der Waals surface area contributed by atoms with Crippen LogP contribution in [0.3, 0.4) is 0 Å². The predicted molar refractivity (Wildman–Crippen MR) is 61.4 cm³/mol. The maximum atomic E-state index is 13.6. The van der Waals surface area contributed by atoms with E-state index in [0.29, 0.717) is 21.6 Å². The molecule has 1 N–H and O–H groups in total. The first kappa shape index (κ1) is 10.8. The van der Waals surface area contributed by atoms with Crippen LogP contribution in [0.2, 0.25) is 0 Å². The van der Waals surface area contributed by atoms with Gasteiger partial charge in [0.05, 0.1) is 19.1 Å². The van der Waals surface area contributed by atoms with Gasteiger partial charge in [-0.2, -0.15) is 0 Å². The summed E-state index contributed by atoms with van der Waals surface area (Å²) in [5, 5.41) is 0. The van der Waals surface area contributed by atoms with Gasteiger partial charge in [0.15, 0.2) is 10.4 Å². The lowest BCUT2D eigenvalue weighted by Crippen LogP contribution is -1.95. The quantitative estimate of drug-likeness (QED) is 0.815. The molecule has 0 atom stereocenters. The molecule has 1 aromatic heterocycles. The average Bonchev–Trinajstić information content (AvgIpc) is 2.29. The zero-order chi connectivity index (χ0) is 11.5. The SMILES string of the molecule is COc1c(-c2ccccc2F)[nH]cnc1=S. The number of ether oxygens (including phenoxy) is 1. The number of nitrogens with one attached hydrogen (secondary N) is 1. The molecule has 0 aliphatic heterocycles. The van der Waals surface area contributed by atoms with Gasteiger partial charge in [0.2, 0.25) is 0 Å². The largest absolute Gasteiger partial charge is 0.491 e. The van der Waals surface area contributed by atoms with E-state index in [-0.39, 0.29) is 5.82 Å². The van der Waals surface area contributed by atoms with E-state index < -0.39 is 0 Å². The monoisotopic (exact) mass is 236 g/mol. The van der Waals surface area contributed by atoms with Crippen LogP contribution < -0.4 is 4.74 Å². The highest BCUT2D eigenvalue weighted by Gasteiger charge is 2.11. The molecule has 82 valence electrons. The normalized spacial score (nSPS) is 10.1. The molecule has 0 spiro atoms. The van der Waals surface area contributed by atoms with E-state index in [9.17, 15) is 4.39 Å². The van der Waals surface area contributed by atoms with Gasteiger partial charge in [-0.15, -0.1) is 0 Å². The number of hydrogen-bond acceptors (Lipinski definition) is 3. The molecule has 0 radical (unpaired) electrons. The third-order valence-corrected chi connectivity index (χ3v) is 2.45. The Bertz CT molecular complexity index is 568. The highest BCUT2D eigenvalue weighted by atomic mass is 32.1. The Morgan fingerprint density at radius 2 is 2.12 bits per heavy atom. The van der Waals surface area contributed by atoms with Gasteiger partial charge in [-0.25, -0.2) is 9.37 Å². The first-order chi connectivity index (χ1) is 7.74. The lowest BCUT2D eigenvalue weighted by molar-refractivity contribution is 0.410. The van der Waals surface area contributed by atoms with Crippen molar-refractivity contribution >= 4 is 12.2 Å². The minimum atomic E-state index is -0.336. The van der Waals surface area contributed by atoms with Crippen LogP contribution in [0.25, 0.3) is 11.3 Å². The predicted octanol–water partition coefficient (Wildman–Crippen LogP) is 2.95. The summed E-state index contributed by atoms with van der Waals surface area (Å²) in [5.41, 5.74) is 0.911. The Balaban J connectivity index is 2.70. The smallest absolute Gasteiger partial charge is 0.179 e. The number of aromatic amines is 1. The van der Waals surface area contributed by atoms with Gasteiger partial charge in [0.25, 0.3) is 0 Å². The minimum Gasteiger partial charge on any atom is -0.491 e. The molecule has 0 aliphatic carbocycles. The lowest BCUT2D eigenvalue weighted by atomic mass is 10.1. The van der Waals surface area contributed by atoms with Crippen LogP contribution >= 0.6 is 12.2 Å². The first-order valence-corrected chi connectivity index (χ1v) is 5.01. The van der Waals surface area contributed by atoms with Crippen molar-refractivity contribution in [1.29, 1.82) is 0 Å². The number of rotatable bonds is 2. The number of H-pyrrole nitrogens is 1. The fraction of sp³-hybridized carbons (Fsp3) is 0.0909. The van der Waals surface area contributed by atoms with Gasteiger partial charge < -0.3 is 9.72 Å². The Morgan fingerprint density at radius 1 is 1.38 bits per heavy atom. The van der Waals surface area contributed by atoms with Crippen molar-refractivity contribution in [1.82, 2.24) is 9.97 Å². The Kier molecular flexibility index (Phi) is 2.96. The molecule has 0 bridgehead atoms. The third-order valence-electron chi connectivity index (χ3n) is 2.16. The Morgan fingerprint density at radius 3 is 2.81 bits per heavy atom. The standard InChI is InChI=1S/C11H9FN2OS/c1-15-10-9(13-6-14-11(10)16)7-4-2-3-5-8(7)12/h2-6H,1H3,(H,13,14,16). The molecule has 2 rings (SSSR count). The topological polar surface area (TPSA) is 37.9 Å². The summed E-state index contributed by atoms with van der Waals surface area (Å²) in [6.07, 6.45) is 1.42. The van der Waals surface area contributed by atoms with Crippen LogP contribution in [-0.4, -0.2) is 17.1 Å². The second kappa shape index (κ2) is 4.40. The van der Waals surface area contributed by atoms with Gasteiger partial charge in [-0.3, -0.25) is 0 Å². The molecule has 0 amide bonds. The molecule has 0 unspecified atom stereocenters. The van der Waals surface area contributed by atoms with Gasteiger partial charge in [-0.1, -0.05) is 24.4 Å². The van der Waals surface area contributed by atoms with Crippen molar-refractivity contribution in [2.45, 2.75) is 0 Å². The molecule has 0 saturated heterocycles. The molecular formula is C11H9FN2OS. The minimum absolute atomic E-state index is 0.305. The summed E-state index contributed by atoms with van der Waals surface area (Å²) in [6, 6.07) is 6.40. The summed E-state index contributed by atoms with van der Waals surface area (Å²) in [5.74, 6) is 0.0419. The van der Waals surface area contributed by atoms with E-state index in [2.05, 4.69) is 9.97 Å². The van der Waals surface area contributed by atoms with Gasteiger partial charge in [-0.05, 0) is 12.1 Å². The van der Waals surface area contributed by atoms with E-state index in [1.165, 1.54) is 19.5 Å². The van der Waals surface area contributed by atoms with Crippen molar-refractivity contribution in [2.75, 3.05) is 7.11 Å². The summed E-state index contributed by atoms with van der Waals surface area (Å²) < 4.78 is 19.0. The fourth-order valence-electron chi connectivity index (χ4n) is 1.44. The number of hydrogen-bond donors (Lipinski definition) is 1. The molecule has 16 heavy (non-hydrogen) atoms. The highest BCUT2D eigenvalue weighted by Crippen LogP contribution is 2.29. The molecule has 5 heteroatoms. The number of halogens is 1. The zero-order valence-corrected chi connectivity index (χ0v) is 9.34. The molecular weight excluding hydrogens is 227 g/mol. The van der Waals surface area contributed by atoms with E-state index >= 15 is 0 Å². The Labute approximate surface area is 96.9 Å². The molecule has 0 saturated carbocycles. The maximum Gasteiger partial charge on any atom is 0.179 e. The van der Waals surface area contributed by atoms with Crippen LogP contribution in [0.5, 0.6) is 5.75 Å². The van der Waals surface area contributed by atoms with E-state index in [1.807, 2.05) is 0 Å². The second-order valence-corrected chi connectivity index (χ2v) is 3.48. The van der Waals surface area contributed by atoms with Crippen LogP contribution in [0.1, 0.15) is 0 Å². The van der Waals surface area contributed by atoms with E-state index in [0.717, 1.165) is 0 Å². The van der Waals surface area contributed by atoms with Crippen LogP contribution in [-0.2, 0) is 0 Å². The summed E-state index contributed by atoms with van der Waals surface area (Å²) in [6.45, 7) is 0. The van der Waals surface area contributed by atoms with Crippen molar-refractivity contribution in [2.24, 2.45) is 0 Å². The van der Waals surface area contributed by atoms with Crippen LogP contribution in [0.15, 0.2) is 30.6 Å². The zero-order valence-electron chi connectivity index (χ0n) is 8.53. The van der Waals surface area contributed by atoms with Crippen molar-refractivity contribution in [3.05, 3.63) is 41.1 Å². The van der Waals surface area contributed by atoms with Crippen LogP contribution in [0, 0.1) is 10.5 Å². The molecule has 0 aliphatic rings. The summed E-state index contributed by atoms with van der Waals surface area (Å²) in [4.78, 5) is 6.72. The molecule has 1 aromatic carbocycles. The van der Waals surface area contributed by atoms with E-state index in [1.54, 1.807) is 18.2 Å². The van der Waals surface area contributed by atoms with Gasteiger partial charge in [0, 0.05) is 5.56 Å². The second-order valence-electron chi connectivity index (χ2n) is 3.10. The first-order valence-electron chi connectivity index (χ1n) is 4.60. The third kappa shape index (κ3) is 1.81. The molecule has 0 fully saturated rings. The van der Waals surface area contributed by atoms with Crippen molar-refractivity contribution in [3.8, 4) is 17.0 Å². The van der Waals surface area contributed by atoms with Crippen LogP contribution in [0.4, 0.5) is 4.39 Å². The number of methoxy groups -OCH3 is 1. The molecule has 1 heterocycles. The highest BCUT2D eigenvalue weighted by molar-refractivity contribution is 7.71. The van der Waals surface area contributed by atoms with Crippen molar-refractivity contribution < 1.29 is 9.13 Å². The maximum absolute atomic E-state index is 13.6. The Hall–Kier alpha value is -1.75. The molecule has 3 nitrogen and oxygen atoms in total. The number of benzene rings is 1. The van der Waals surface area contributed by atoms with Gasteiger partial charge >= 0.3 is 0 Å². The lowest BCUT2D eigenvalue weighted by Gasteiger charge is -2.08. The number of aromatic nitrogens is 2. The fourth-order valence-corrected chi connectivity index (χ4v) is 1.68. The summed E-state index contributed by atoms with van der Waals surface area (Å²) >= 11 is 5.00. The van der Waals surface area contributed by atoms with Crippen molar-refractivity contribution in [3.63, 3.8) is 0 Å². The van der Waals surface area contributed by atoms with Gasteiger partial charge in [0.1, 0.15) is 5.82 Å². The average molecular weight is 236 g/mol. The summed E-state index contributed by atoms with van der Waals surface area (Å²) in [7, 11) is 1.48. The number of nitrogens with zero attached hydrogens (tertiary/aromatic N) is 1. The molecule has 2 aromatic rings.